The van der Waals surface area contributed by atoms with Crippen molar-refractivity contribution in [3.63, 3.8) is 0 Å². The van der Waals surface area contributed by atoms with Gasteiger partial charge in [0.25, 0.3) is 5.91 Å². The van der Waals surface area contributed by atoms with Gasteiger partial charge in [0.15, 0.2) is 6.54 Å². The van der Waals surface area contributed by atoms with E-state index in [-0.39, 0.29) is 17.7 Å². The number of benzene rings is 1. The quantitative estimate of drug-likeness (QED) is 0.658. The molecule has 3 N–H and O–H groups in total. The lowest BCUT2D eigenvalue weighted by Crippen LogP contribution is -3.15. The van der Waals surface area contributed by atoms with Gasteiger partial charge in [-0.05, 0) is 18.2 Å². The average molecular weight is 349 g/mol. The van der Waals surface area contributed by atoms with E-state index >= 15 is 0 Å². The molecule has 2 rings (SSSR count). The lowest BCUT2D eigenvalue weighted by molar-refractivity contribution is -0.895. The number of carbonyl (C=O) groups is 3. The molecule has 1 aromatic carbocycles. The first-order valence-corrected chi connectivity index (χ1v) is 8.23. The number of hydrogen-bond donors (Lipinski definition) is 3. The van der Waals surface area contributed by atoms with E-state index in [1.54, 1.807) is 30.0 Å². The third-order valence-electron chi connectivity index (χ3n) is 4.12. The molecule has 1 aliphatic rings. The molecule has 3 amide bonds. The van der Waals surface area contributed by atoms with Gasteiger partial charge in [0, 0.05) is 19.5 Å². The number of anilines is 2. The van der Waals surface area contributed by atoms with Crippen molar-refractivity contribution in [1.82, 2.24) is 4.90 Å². The third kappa shape index (κ3) is 5.46. The topological polar surface area (TPSA) is 92.2 Å². The first-order valence-electron chi connectivity index (χ1n) is 8.23. The molecule has 136 valence electrons. The minimum absolute atomic E-state index is 0.0722. The van der Waals surface area contributed by atoms with E-state index in [1.807, 2.05) is 0 Å². The van der Waals surface area contributed by atoms with Crippen LogP contribution in [0.1, 0.15) is 13.8 Å². The standard InChI is InChI=1S/C17H24N4O4/c1-12(22)18-14-4-5-16(25-3)15(10-14)19-17(24)11-20-6-8-21(9-7-20)13(2)23/h4-5,10H,6-9,11H2,1-3H3,(H,18,22)(H,19,24)/p+1. The number of piperazine rings is 1. The van der Waals surface area contributed by atoms with Crippen LogP contribution in [0, 0.1) is 0 Å². The fourth-order valence-electron chi connectivity index (χ4n) is 2.82. The number of ether oxygens (including phenoxy) is 1. The lowest BCUT2D eigenvalue weighted by atomic mass is 10.2. The molecule has 1 aliphatic heterocycles. The van der Waals surface area contributed by atoms with Gasteiger partial charge < -0.3 is 25.2 Å². The number of methoxy groups -OCH3 is 1. The molecule has 8 nitrogen and oxygen atoms in total. The molecule has 0 saturated carbocycles. The zero-order valence-corrected chi connectivity index (χ0v) is 14.8. The van der Waals surface area contributed by atoms with E-state index in [1.165, 1.54) is 14.0 Å². The van der Waals surface area contributed by atoms with Crippen LogP contribution in [0.2, 0.25) is 0 Å². The summed E-state index contributed by atoms with van der Waals surface area (Å²) in [6.07, 6.45) is 0. The van der Waals surface area contributed by atoms with Crippen molar-refractivity contribution in [2.24, 2.45) is 0 Å². The van der Waals surface area contributed by atoms with E-state index in [9.17, 15) is 14.4 Å². The zero-order valence-electron chi connectivity index (χ0n) is 14.8. The summed E-state index contributed by atoms with van der Waals surface area (Å²) in [4.78, 5) is 37.8. The summed E-state index contributed by atoms with van der Waals surface area (Å²) in [5, 5.41) is 5.52. The van der Waals surface area contributed by atoms with Crippen molar-refractivity contribution >= 4 is 29.1 Å². The van der Waals surface area contributed by atoms with Crippen molar-refractivity contribution in [3.8, 4) is 5.75 Å². The zero-order chi connectivity index (χ0) is 18.4. The number of carbonyl (C=O) groups excluding carboxylic acids is 3. The molecule has 1 saturated heterocycles. The Morgan fingerprint density at radius 1 is 1.16 bits per heavy atom. The Hall–Kier alpha value is -2.61. The van der Waals surface area contributed by atoms with Gasteiger partial charge in [-0.15, -0.1) is 0 Å². The van der Waals surface area contributed by atoms with E-state index in [2.05, 4.69) is 10.6 Å². The summed E-state index contributed by atoms with van der Waals surface area (Å²) < 4.78 is 5.26. The highest BCUT2D eigenvalue weighted by atomic mass is 16.5. The van der Waals surface area contributed by atoms with E-state index < -0.39 is 0 Å². The second-order valence-electron chi connectivity index (χ2n) is 6.08. The van der Waals surface area contributed by atoms with Crippen LogP contribution in [0.15, 0.2) is 18.2 Å². The first kappa shape index (κ1) is 18.7. The molecule has 0 bridgehead atoms. The highest BCUT2D eigenvalue weighted by molar-refractivity contribution is 5.95. The molecule has 0 radical (unpaired) electrons. The second kappa shape index (κ2) is 8.48. The summed E-state index contributed by atoms with van der Waals surface area (Å²) in [6, 6.07) is 5.07. The van der Waals surface area contributed by atoms with Crippen molar-refractivity contribution in [2.45, 2.75) is 13.8 Å². The van der Waals surface area contributed by atoms with Crippen molar-refractivity contribution in [3.05, 3.63) is 18.2 Å². The summed E-state index contributed by atoms with van der Waals surface area (Å²) >= 11 is 0. The van der Waals surface area contributed by atoms with Gasteiger partial charge in [-0.1, -0.05) is 0 Å². The van der Waals surface area contributed by atoms with Crippen LogP contribution < -0.4 is 20.3 Å². The molecule has 0 aromatic heterocycles. The van der Waals surface area contributed by atoms with Crippen LogP contribution in [0.4, 0.5) is 11.4 Å². The fourth-order valence-corrected chi connectivity index (χ4v) is 2.82. The smallest absolute Gasteiger partial charge is 0.279 e. The number of hydrogen-bond acceptors (Lipinski definition) is 4. The maximum Gasteiger partial charge on any atom is 0.279 e. The van der Waals surface area contributed by atoms with Crippen LogP contribution in [0.25, 0.3) is 0 Å². The predicted molar refractivity (Wildman–Crippen MR) is 93.7 cm³/mol. The highest BCUT2D eigenvalue weighted by Crippen LogP contribution is 2.27. The number of amides is 3. The number of rotatable bonds is 5. The number of quaternary nitrogens is 1. The molecule has 25 heavy (non-hydrogen) atoms. The fraction of sp³-hybridized carbons (Fsp3) is 0.471. The van der Waals surface area contributed by atoms with Crippen LogP contribution in [-0.4, -0.2) is 62.5 Å². The van der Waals surface area contributed by atoms with Gasteiger partial charge in [0.1, 0.15) is 5.75 Å². The Bertz CT molecular complexity index is 654. The van der Waals surface area contributed by atoms with E-state index in [0.29, 0.717) is 36.8 Å². The number of nitrogens with zero attached hydrogens (tertiary/aromatic N) is 1. The van der Waals surface area contributed by atoms with Crippen molar-refractivity contribution in [2.75, 3.05) is 50.5 Å². The molecule has 0 aliphatic carbocycles. The van der Waals surface area contributed by atoms with Gasteiger partial charge in [0.05, 0.1) is 39.0 Å². The molecule has 0 spiro atoms. The van der Waals surface area contributed by atoms with Crippen LogP contribution in [0.5, 0.6) is 5.75 Å². The van der Waals surface area contributed by atoms with Gasteiger partial charge in [-0.2, -0.15) is 0 Å². The minimum atomic E-state index is -0.185. The summed E-state index contributed by atoms with van der Waals surface area (Å²) in [6.45, 7) is 6.13. The largest absolute Gasteiger partial charge is 0.495 e. The minimum Gasteiger partial charge on any atom is -0.495 e. The Morgan fingerprint density at radius 2 is 1.84 bits per heavy atom. The second-order valence-corrected chi connectivity index (χ2v) is 6.08. The molecule has 0 unspecified atom stereocenters. The maximum absolute atomic E-state index is 12.3. The average Bonchev–Trinajstić information content (AvgIpc) is 2.55. The van der Waals surface area contributed by atoms with Crippen LogP contribution >= 0.6 is 0 Å². The van der Waals surface area contributed by atoms with Crippen molar-refractivity contribution < 1.29 is 24.0 Å². The predicted octanol–water partition coefficient (Wildman–Crippen LogP) is -0.661. The molecular formula is C17H25N4O4+. The monoisotopic (exact) mass is 349 g/mol. The van der Waals surface area contributed by atoms with Gasteiger partial charge in [-0.25, -0.2) is 0 Å². The normalized spacial score (nSPS) is 14.8. The Morgan fingerprint density at radius 3 is 2.40 bits per heavy atom. The van der Waals surface area contributed by atoms with Gasteiger partial charge >= 0.3 is 0 Å². The maximum atomic E-state index is 12.3. The molecule has 1 fully saturated rings. The molecule has 8 heteroatoms. The Balaban J connectivity index is 1.95. The van der Waals surface area contributed by atoms with E-state index in [4.69, 9.17) is 4.74 Å². The van der Waals surface area contributed by atoms with Crippen LogP contribution in [0.3, 0.4) is 0 Å². The highest BCUT2D eigenvalue weighted by Gasteiger charge is 2.23. The molecule has 1 heterocycles. The van der Waals surface area contributed by atoms with Gasteiger partial charge in [-0.3, -0.25) is 14.4 Å². The Labute approximate surface area is 147 Å². The summed E-state index contributed by atoms with van der Waals surface area (Å²) in [5.74, 6) is 0.279. The summed E-state index contributed by atoms with van der Waals surface area (Å²) in [7, 11) is 1.52. The molecule has 0 atom stereocenters. The summed E-state index contributed by atoms with van der Waals surface area (Å²) in [5.41, 5.74) is 1.10. The molecular weight excluding hydrogens is 324 g/mol. The lowest BCUT2D eigenvalue weighted by Gasteiger charge is -2.31. The number of nitrogens with one attached hydrogen (secondary N) is 3. The van der Waals surface area contributed by atoms with Crippen LogP contribution in [-0.2, 0) is 14.4 Å². The third-order valence-corrected chi connectivity index (χ3v) is 4.12. The van der Waals surface area contributed by atoms with Crippen molar-refractivity contribution in [1.29, 1.82) is 0 Å². The SMILES string of the molecule is COc1ccc(NC(C)=O)cc1NC(=O)C[NH+]1CCN(C(C)=O)CC1. The molecule has 1 aromatic rings. The van der Waals surface area contributed by atoms with E-state index in [0.717, 1.165) is 18.0 Å². The van der Waals surface area contributed by atoms with Gasteiger partial charge in [0.2, 0.25) is 11.8 Å². The Kier molecular flexibility index (Phi) is 6.35. The first-order chi connectivity index (χ1) is 11.9.